The summed E-state index contributed by atoms with van der Waals surface area (Å²) in [6.07, 6.45) is 5.66. The Hall–Kier alpha value is -2.31. The first-order valence-corrected chi connectivity index (χ1v) is 9.78. The molecule has 0 N–H and O–H groups in total. The van der Waals surface area contributed by atoms with Crippen molar-refractivity contribution in [1.29, 1.82) is 0 Å². The number of ether oxygens (including phenoxy) is 1. The van der Waals surface area contributed by atoms with Crippen molar-refractivity contribution in [2.75, 3.05) is 19.7 Å². The number of furan rings is 1. The summed E-state index contributed by atoms with van der Waals surface area (Å²) in [4.78, 5) is 40.6. The maximum Gasteiger partial charge on any atom is 0.309 e. The van der Waals surface area contributed by atoms with E-state index < -0.39 is 0 Å². The van der Waals surface area contributed by atoms with Gasteiger partial charge in [0, 0.05) is 25.2 Å². The summed E-state index contributed by atoms with van der Waals surface area (Å²) in [5.41, 5.74) is 0. The van der Waals surface area contributed by atoms with Gasteiger partial charge in [-0.2, -0.15) is 0 Å². The van der Waals surface area contributed by atoms with E-state index >= 15 is 0 Å². The Balaban J connectivity index is 1.44. The van der Waals surface area contributed by atoms with Crippen LogP contribution < -0.4 is 0 Å². The van der Waals surface area contributed by atoms with Gasteiger partial charge in [-0.05, 0) is 58.1 Å². The first-order valence-electron chi connectivity index (χ1n) is 9.78. The number of rotatable bonds is 4. The third-order valence-electron chi connectivity index (χ3n) is 5.67. The van der Waals surface area contributed by atoms with E-state index in [1.165, 1.54) is 6.26 Å². The quantitative estimate of drug-likeness (QED) is 0.754. The SMILES string of the molecule is CC1CCCC(C)N1C(=O)COC(=O)C1CCN(C(=O)c2ccco2)CC1. The molecule has 27 heavy (non-hydrogen) atoms. The van der Waals surface area contributed by atoms with Gasteiger partial charge in [-0.15, -0.1) is 0 Å². The summed E-state index contributed by atoms with van der Waals surface area (Å²) in [7, 11) is 0. The number of amides is 2. The lowest BCUT2D eigenvalue weighted by atomic mass is 9.96. The molecule has 2 saturated heterocycles. The lowest BCUT2D eigenvalue weighted by molar-refractivity contribution is -0.158. The van der Waals surface area contributed by atoms with Gasteiger partial charge in [0.25, 0.3) is 11.8 Å². The maximum absolute atomic E-state index is 12.5. The van der Waals surface area contributed by atoms with Crippen molar-refractivity contribution in [2.24, 2.45) is 5.92 Å². The second kappa shape index (κ2) is 8.59. The van der Waals surface area contributed by atoms with Crippen LogP contribution in [-0.4, -0.2) is 59.4 Å². The van der Waals surface area contributed by atoms with Crippen molar-refractivity contribution in [2.45, 2.75) is 58.0 Å². The zero-order valence-electron chi connectivity index (χ0n) is 16.1. The van der Waals surface area contributed by atoms with Crippen LogP contribution in [0.4, 0.5) is 0 Å². The molecule has 7 nitrogen and oxygen atoms in total. The van der Waals surface area contributed by atoms with Crippen LogP contribution in [0.25, 0.3) is 0 Å². The molecule has 2 unspecified atom stereocenters. The molecule has 2 amide bonds. The zero-order valence-corrected chi connectivity index (χ0v) is 16.1. The Bertz CT molecular complexity index is 654. The Labute approximate surface area is 159 Å². The average Bonchev–Trinajstić information content (AvgIpc) is 3.20. The number of hydrogen-bond donors (Lipinski definition) is 0. The number of hydrogen-bond acceptors (Lipinski definition) is 5. The smallest absolute Gasteiger partial charge is 0.309 e. The molecule has 2 atom stereocenters. The summed E-state index contributed by atoms with van der Waals surface area (Å²) in [6, 6.07) is 3.70. The van der Waals surface area contributed by atoms with Gasteiger partial charge in [0.1, 0.15) is 0 Å². The standard InChI is InChI=1S/C20H28N2O5/c1-14-5-3-6-15(2)22(14)18(23)13-27-20(25)16-8-10-21(11-9-16)19(24)17-7-4-12-26-17/h4,7,12,14-16H,3,5-6,8-11,13H2,1-2H3. The Kier molecular flexibility index (Phi) is 6.19. The molecule has 1 aromatic rings. The highest BCUT2D eigenvalue weighted by atomic mass is 16.5. The van der Waals surface area contributed by atoms with Crippen LogP contribution in [0.3, 0.4) is 0 Å². The van der Waals surface area contributed by atoms with E-state index in [-0.39, 0.29) is 42.4 Å². The van der Waals surface area contributed by atoms with E-state index in [1.54, 1.807) is 17.0 Å². The van der Waals surface area contributed by atoms with Crippen LogP contribution in [0.2, 0.25) is 0 Å². The van der Waals surface area contributed by atoms with Gasteiger partial charge in [0.2, 0.25) is 0 Å². The zero-order chi connectivity index (χ0) is 19.4. The third-order valence-corrected chi connectivity index (χ3v) is 5.67. The molecule has 1 aromatic heterocycles. The van der Waals surface area contributed by atoms with Crippen LogP contribution in [0.1, 0.15) is 56.5 Å². The lowest BCUT2D eigenvalue weighted by Crippen LogP contribution is -2.49. The lowest BCUT2D eigenvalue weighted by Gasteiger charge is -2.39. The van der Waals surface area contributed by atoms with Crippen molar-refractivity contribution in [3.05, 3.63) is 24.2 Å². The summed E-state index contributed by atoms with van der Waals surface area (Å²) < 4.78 is 10.4. The van der Waals surface area contributed by atoms with Crippen molar-refractivity contribution in [3.8, 4) is 0 Å². The second-order valence-corrected chi connectivity index (χ2v) is 7.58. The molecular formula is C20H28N2O5. The Morgan fingerprint density at radius 1 is 1.11 bits per heavy atom. The highest BCUT2D eigenvalue weighted by molar-refractivity contribution is 5.91. The van der Waals surface area contributed by atoms with E-state index in [0.29, 0.717) is 31.7 Å². The predicted octanol–water partition coefficient (Wildman–Crippen LogP) is 2.46. The summed E-state index contributed by atoms with van der Waals surface area (Å²) in [5.74, 6) is -0.574. The highest BCUT2D eigenvalue weighted by Crippen LogP contribution is 2.23. The predicted molar refractivity (Wildman–Crippen MR) is 97.9 cm³/mol. The third kappa shape index (κ3) is 4.51. The second-order valence-electron chi connectivity index (χ2n) is 7.58. The Morgan fingerprint density at radius 3 is 2.37 bits per heavy atom. The molecule has 0 aliphatic carbocycles. The number of carbonyl (C=O) groups is 3. The fourth-order valence-corrected chi connectivity index (χ4v) is 4.11. The maximum atomic E-state index is 12.5. The van der Waals surface area contributed by atoms with E-state index in [2.05, 4.69) is 0 Å². The van der Waals surface area contributed by atoms with Crippen LogP contribution in [0.15, 0.2) is 22.8 Å². The molecule has 2 fully saturated rings. The average molecular weight is 376 g/mol. The van der Waals surface area contributed by atoms with Crippen molar-refractivity contribution in [1.82, 2.24) is 9.80 Å². The first kappa shape index (κ1) is 19.5. The molecular weight excluding hydrogens is 348 g/mol. The first-order chi connectivity index (χ1) is 13.0. The van der Waals surface area contributed by atoms with Gasteiger partial charge < -0.3 is 19.0 Å². The summed E-state index contributed by atoms with van der Waals surface area (Å²) in [6.45, 7) is 4.85. The molecule has 0 aromatic carbocycles. The fourth-order valence-electron chi connectivity index (χ4n) is 4.11. The minimum Gasteiger partial charge on any atom is -0.459 e. The van der Waals surface area contributed by atoms with Crippen molar-refractivity contribution < 1.29 is 23.5 Å². The minimum atomic E-state index is -0.342. The van der Waals surface area contributed by atoms with Gasteiger partial charge in [-0.3, -0.25) is 14.4 Å². The van der Waals surface area contributed by atoms with Gasteiger partial charge in [-0.1, -0.05) is 0 Å². The molecule has 0 radical (unpaired) electrons. The molecule has 148 valence electrons. The van der Waals surface area contributed by atoms with E-state index in [1.807, 2.05) is 18.7 Å². The summed E-state index contributed by atoms with van der Waals surface area (Å²) >= 11 is 0. The van der Waals surface area contributed by atoms with Crippen LogP contribution >= 0.6 is 0 Å². The number of piperidine rings is 2. The number of esters is 1. The van der Waals surface area contributed by atoms with Crippen molar-refractivity contribution in [3.63, 3.8) is 0 Å². The van der Waals surface area contributed by atoms with Gasteiger partial charge >= 0.3 is 5.97 Å². The van der Waals surface area contributed by atoms with E-state index in [9.17, 15) is 14.4 Å². The summed E-state index contributed by atoms with van der Waals surface area (Å²) in [5, 5.41) is 0. The van der Waals surface area contributed by atoms with Crippen LogP contribution in [0.5, 0.6) is 0 Å². The molecule has 0 spiro atoms. The van der Waals surface area contributed by atoms with E-state index in [4.69, 9.17) is 9.15 Å². The molecule has 3 rings (SSSR count). The number of carbonyl (C=O) groups excluding carboxylic acids is 3. The molecule has 2 aliphatic rings. The minimum absolute atomic E-state index is 0.117. The largest absolute Gasteiger partial charge is 0.459 e. The van der Waals surface area contributed by atoms with Gasteiger partial charge in [0.15, 0.2) is 12.4 Å². The van der Waals surface area contributed by atoms with Gasteiger partial charge in [0.05, 0.1) is 12.2 Å². The Morgan fingerprint density at radius 2 is 1.78 bits per heavy atom. The fraction of sp³-hybridized carbons (Fsp3) is 0.650. The number of likely N-dealkylation sites (tertiary alicyclic amines) is 2. The molecule has 7 heteroatoms. The highest BCUT2D eigenvalue weighted by Gasteiger charge is 2.32. The molecule has 0 bridgehead atoms. The van der Waals surface area contributed by atoms with Gasteiger partial charge in [-0.25, -0.2) is 0 Å². The number of nitrogens with zero attached hydrogens (tertiary/aromatic N) is 2. The molecule has 0 saturated carbocycles. The van der Waals surface area contributed by atoms with Crippen molar-refractivity contribution >= 4 is 17.8 Å². The van der Waals surface area contributed by atoms with E-state index in [0.717, 1.165) is 19.3 Å². The molecule has 3 heterocycles. The topological polar surface area (TPSA) is 80.1 Å². The normalized spacial score (nSPS) is 23.9. The monoisotopic (exact) mass is 376 g/mol. The van der Waals surface area contributed by atoms with Crippen LogP contribution in [-0.2, 0) is 14.3 Å². The van der Waals surface area contributed by atoms with Crippen LogP contribution in [0, 0.1) is 5.92 Å². The molecule has 2 aliphatic heterocycles.